The summed E-state index contributed by atoms with van der Waals surface area (Å²) in [6, 6.07) is 77.1. The highest BCUT2D eigenvalue weighted by Gasteiger charge is 2.40. The SMILES string of the molecule is CNN.COc1ccc(CNc2nccc3c(N)cccc23)c(OC)c1.Nc1cccc2c(Cl)nccc12.Nc1cccc2cnccc12.O=C1OC(=O)c2ccccc21.O=C1c2ccccc2C(=O)N1c1cccc2c(Cl)nccc12.O=C1c2ccccc2C(=O)N1c1cccc2c[n+](O)ccc12.O=C1c2ccccc2C(=O)N1c1cccc2cnccc12.O=P(Cl)(Cl)Cl. The highest BCUT2D eigenvalue weighted by atomic mass is 36.0. The number of pyridine rings is 6. The van der Waals surface area contributed by atoms with E-state index in [1.165, 1.54) is 27.1 Å². The maximum absolute atomic E-state index is 12.6. The number of benzene rings is 11. The van der Waals surface area contributed by atoms with Gasteiger partial charge in [0, 0.05) is 149 Å². The van der Waals surface area contributed by atoms with Crippen molar-refractivity contribution in [3.05, 3.63) is 377 Å². The Morgan fingerprint density at radius 2 is 0.762 bits per heavy atom. The van der Waals surface area contributed by atoms with E-state index in [2.05, 4.69) is 80.0 Å². The van der Waals surface area contributed by atoms with E-state index in [1.807, 2.05) is 128 Å². The molecule has 0 spiro atoms. The number of ether oxygens (including phenoxy) is 3. The zero-order chi connectivity index (χ0) is 92.5. The highest BCUT2D eigenvalue weighted by Crippen LogP contribution is 2.61. The lowest BCUT2D eigenvalue weighted by molar-refractivity contribution is -0.903. The molecule has 6 amide bonds. The Labute approximate surface area is 765 Å². The first-order valence-corrected chi connectivity index (χ1v) is 44.2. The molecule has 4 aliphatic heterocycles. The summed E-state index contributed by atoms with van der Waals surface area (Å²) in [5.41, 5.74) is 28.0. The molecule has 650 valence electrons. The number of carbonyl (C=O) groups excluding carboxylic acids is 8. The summed E-state index contributed by atoms with van der Waals surface area (Å²) in [7, 11) is 4.94. The van der Waals surface area contributed by atoms with Gasteiger partial charge in [0.2, 0.25) is 12.4 Å². The van der Waals surface area contributed by atoms with Gasteiger partial charge in [0.05, 0.1) is 81.2 Å². The normalized spacial score (nSPS) is 12.4. The second kappa shape index (κ2) is 41.8. The van der Waals surface area contributed by atoms with Crippen LogP contribution in [0.1, 0.15) is 88.4 Å². The van der Waals surface area contributed by atoms with Crippen molar-refractivity contribution in [1.82, 2.24) is 30.3 Å². The average molecular weight is 1850 g/mol. The molecule has 21 rings (SSSR count). The van der Waals surface area contributed by atoms with Gasteiger partial charge in [0.1, 0.15) is 27.6 Å². The number of nitrogen functional groups attached to an aromatic ring is 3. The number of carbonyl (C=O) groups is 8. The monoisotopic (exact) mass is 1850 g/mol. The number of amides is 6. The summed E-state index contributed by atoms with van der Waals surface area (Å²) in [5.74, 6) is 3.99. The summed E-state index contributed by atoms with van der Waals surface area (Å²) in [5, 5.41) is 21.1. The van der Waals surface area contributed by atoms with Crippen LogP contribution in [0.4, 0.5) is 39.9 Å². The van der Waals surface area contributed by atoms with E-state index >= 15 is 0 Å². The molecule has 0 atom stereocenters. The Bertz CT molecular complexity index is 7130. The molecular weight excluding hydrogens is 1780 g/mol. The van der Waals surface area contributed by atoms with Gasteiger partial charge in [-0.3, -0.25) is 59.8 Å². The molecule has 10 heterocycles. The number of anilines is 7. The fraction of sp³-hybridized carbons (Fsp3) is 0.0417. The van der Waals surface area contributed by atoms with E-state index in [1.54, 1.807) is 198 Å². The van der Waals surface area contributed by atoms with Crippen LogP contribution in [0.3, 0.4) is 0 Å². The topological polar surface area (TPSA) is 408 Å². The molecule has 0 unspecified atom stereocenters. The fourth-order valence-corrected chi connectivity index (χ4v) is 14.6. The van der Waals surface area contributed by atoms with Crippen LogP contribution in [0.15, 0.2) is 317 Å². The largest absolute Gasteiger partial charge is 0.497 e. The number of halogens is 5. The van der Waals surface area contributed by atoms with Gasteiger partial charge in [-0.2, -0.15) is 0 Å². The third kappa shape index (κ3) is 20.8. The molecular formula is C96H74Cl5N15O13P+. The molecule has 34 heteroatoms. The number of nitrogens with one attached hydrogen (secondary N) is 2. The van der Waals surface area contributed by atoms with E-state index in [9.17, 15) is 48.1 Å². The molecule has 0 aliphatic carbocycles. The van der Waals surface area contributed by atoms with Crippen molar-refractivity contribution in [2.75, 3.05) is 58.5 Å². The Hall–Kier alpha value is -15.4. The van der Waals surface area contributed by atoms with Gasteiger partial charge < -0.3 is 36.7 Å². The number of nitrogens with zero attached hydrogens (tertiary/aromatic N) is 9. The molecule has 0 saturated carbocycles. The van der Waals surface area contributed by atoms with Gasteiger partial charge in [0.25, 0.3) is 35.4 Å². The molecule has 4 aliphatic rings. The Morgan fingerprint density at radius 1 is 0.408 bits per heavy atom. The van der Waals surface area contributed by atoms with E-state index in [-0.39, 0.29) is 35.4 Å². The molecule has 0 bridgehead atoms. The maximum atomic E-state index is 12.6. The molecule has 11 N–H and O–H groups in total. The Balaban J connectivity index is 0.000000129. The number of cyclic esters (lactones) is 2. The van der Waals surface area contributed by atoms with Crippen molar-refractivity contribution in [3.8, 4) is 11.5 Å². The molecule has 0 fully saturated rings. The lowest BCUT2D eigenvalue weighted by atomic mass is 10.1. The van der Waals surface area contributed by atoms with Crippen LogP contribution >= 0.6 is 62.1 Å². The predicted octanol–water partition coefficient (Wildman–Crippen LogP) is 19.5. The van der Waals surface area contributed by atoms with Crippen molar-refractivity contribution >= 4 is 214 Å². The molecule has 17 aromatic rings. The van der Waals surface area contributed by atoms with Gasteiger partial charge in [-0.15, -0.1) is 0 Å². The number of fused-ring (bicyclic) bond motifs is 10. The van der Waals surface area contributed by atoms with Crippen molar-refractivity contribution in [2.24, 2.45) is 5.84 Å². The lowest BCUT2D eigenvalue weighted by Crippen LogP contribution is -2.30. The quantitative estimate of drug-likeness (QED) is 0.00710. The first kappa shape index (κ1) is 92.3. The minimum Gasteiger partial charge on any atom is -0.497 e. The van der Waals surface area contributed by atoms with Crippen LogP contribution in [0.5, 0.6) is 11.5 Å². The van der Waals surface area contributed by atoms with Crippen LogP contribution in [-0.4, -0.2) is 98.8 Å². The van der Waals surface area contributed by atoms with Crippen molar-refractivity contribution in [2.45, 2.75) is 6.54 Å². The highest BCUT2D eigenvalue weighted by molar-refractivity contribution is 8.24. The molecule has 0 radical (unpaired) electrons. The number of methoxy groups -OCH3 is 2. The van der Waals surface area contributed by atoms with Crippen molar-refractivity contribution in [3.63, 3.8) is 0 Å². The third-order valence-electron chi connectivity index (χ3n) is 20.1. The number of esters is 2. The predicted molar refractivity (Wildman–Crippen MR) is 508 cm³/mol. The van der Waals surface area contributed by atoms with Crippen LogP contribution in [0.25, 0.3) is 64.6 Å². The Morgan fingerprint density at radius 3 is 1.21 bits per heavy atom. The van der Waals surface area contributed by atoms with Crippen LogP contribution in [-0.2, 0) is 15.8 Å². The number of hydrogen-bond acceptors (Lipinski definition) is 24. The van der Waals surface area contributed by atoms with E-state index in [0.29, 0.717) is 83.8 Å². The summed E-state index contributed by atoms with van der Waals surface area (Å²) >= 11 is 25.8. The van der Waals surface area contributed by atoms with Crippen LogP contribution in [0.2, 0.25) is 10.3 Å². The van der Waals surface area contributed by atoms with E-state index in [4.69, 9.17) is 49.9 Å². The van der Waals surface area contributed by atoms with Crippen molar-refractivity contribution < 1.29 is 67.1 Å². The molecule has 28 nitrogen and oxygen atoms in total. The summed E-state index contributed by atoms with van der Waals surface area (Å²) in [6.45, 7) is 0.591. The smallest absolute Gasteiger partial charge is 0.346 e. The molecule has 11 aromatic carbocycles. The molecule has 6 aromatic heterocycles. The maximum Gasteiger partial charge on any atom is 0.346 e. The Kier molecular flexibility index (Phi) is 29.7. The second-order valence-electron chi connectivity index (χ2n) is 28.0. The van der Waals surface area contributed by atoms with Crippen molar-refractivity contribution in [1.29, 1.82) is 0 Å². The average Bonchev–Trinajstić information content (AvgIpc) is 1.60. The lowest BCUT2D eigenvalue weighted by Gasteiger charge is -2.16. The summed E-state index contributed by atoms with van der Waals surface area (Å²) in [6.07, 6.45) is 14.9. The van der Waals surface area contributed by atoms with Gasteiger partial charge >= 0.3 is 17.1 Å². The van der Waals surface area contributed by atoms with E-state index < -0.39 is 17.1 Å². The van der Waals surface area contributed by atoms with Crippen LogP contribution in [0, 0.1) is 0 Å². The number of rotatable bonds is 8. The molecule has 0 saturated heterocycles. The summed E-state index contributed by atoms with van der Waals surface area (Å²) in [4.78, 5) is 121. The number of imide groups is 3. The zero-order valence-corrected chi connectivity index (χ0v) is 73.4. The molecule has 130 heavy (non-hydrogen) atoms. The first-order chi connectivity index (χ1) is 62.7. The number of hydrazine groups is 1. The minimum absolute atomic E-state index is 0.278. The summed E-state index contributed by atoms with van der Waals surface area (Å²) < 4.78 is 25.4. The number of nitrogens with two attached hydrogens (primary N) is 4. The minimum atomic E-state index is -3.22. The zero-order valence-electron chi connectivity index (χ0n) is 68.7. The van der Waals surface area contributed by atoms with Gasteiger partial charge in [-0.1, -0.05) is 138 Å². The second-order valence-corrected chi connectivity index (χ2v) is 35.3. The van der Waals surface area contributed by atoms with Gasteiger partial charge in [-0.25, -0.2) is 39.2 Å². The van der Waals surface area contributed by atoms with Crippen LogP contribution < -0.4 is 62.7 Å². The number of aromatic nitrogens is 6. The van der Waals surface area contributed by atoms with E-state index in [0.717, 1.165) is 104 Å². The third-order valence-corrected chi connectivity index (χ3v) is 20.7. The standard InChI is InChI=1S/C18H19N3O2.C17H9ClN2O2.C17H11N2O3.C17H10N2O2.C9H7ClN2.C9H8N2.C8H4O3.CH6N2.Cl3OP/c1-22-13-7-6-12(17(10-13)23-2)11-21-18-15-4-3-5-16(19)14(15)8-9-20-18;18-15-11-6-3-7-14(10(11)8-9-19-15)20-16(21)12-4-1-2-5-13(12)17(20)22;20-16-13-5-1-2-6-14(13)17(21)19(16)15-7-3-4-11-10-18(22)9-8-12(11)15;20-16-13-5-1-2-6-14(13)17(21)19(16)15-7-3-4-11-10-18-9-8-12(11)15;10-9-7-2-1-3-8(11)6(7)4-5-12-9;10-9-3-1-2-7-6-11-5-4-8(7)9;9-7-5-3-1-2-4-6(5)8(10)11-7;1-3-2;1-5(2,3)4/h3-10H,11,19H2,1-2H3,(H,20,21);1-9H;1-10,22H;1-10H;1-5H,11H2;1-6H,10H2;1-4H;3H,2H2,1H3;/q;;+1;;;;;;. The van der Waals surface area contributed by atoms with Gasteiger partial charge in [0.15, 0.2) is 0 Å². The first-order valence-electron chi connectivity index (χ1n) is 39.0. The fourth-order valence-electron chi connectivity index (χ4n) is 14.2. The van der Waals surface area contributed by atoms with Gasteiger partial charge in [-0.05, 0) is 174 Å². The number of hydrogen-bond donors (Lipinski definition) is 7.